The molecule has 1 N–H and O–H groups in total. The quantitative estimate of drug-likeness (QED) is 0.751. The second-order valence-corrected chi connectivity index (χ2v) is 5.64. The van der Waals surface area contributed by atoms with E-state index in [9.17, 15) is 0 Å². The molecule has 0 spiro atoms. The molecule has 0 unspecified atom stereocenters. The van der Waals surface area contributed by atoms with Crippen LogP contribution in [0.15, 0.2) is 59.2 Å². The zero-order valence-corrected chi connectivity index (χ0v) is 13.2. The summed E-state index contributed by atoms with van der Waals surface area (Å²) in [5.74, 6) is 0.873. The molecule has 0 saturated carbocycles. The number of anilines is 1. The van der Waals surface area contributed by atoms with Crippen LogP contribution in [0.3, 0.4) is 0 Å². The Morgan fingerprint density at radius 3 is 2.67 bits per heavy atom. The minimum Gasteiger partial charge on any atom is -0.497 e. The number of methoxy groups -OCH3 is 1. The molecule has 2 aromatic carbocycles. The summed E-state index contributed by atoms with van der Waals surface area (Å²) in [6.07, 6.45) is 1.82. The van der Waals surface area contributed by atoms with Gasteiger partial charge in [-0.05, 0) is 42.0 Å². The highest BCUT2D eigenvalue weighted by atomic mass is 79.9. The molecule has 0 aliphatic heterocycles. The first-order valence-corrected chi connectivity index (χ1v) is 7.46. The molecule has 0 atom stereocenters. The minimum atomic E-state index is 0.763. The van der Waals surface area contributed by atoms with Crippen LogP contribution in [0.4, 0.5) is 5.69 Å². The lowest BCUT2D eigenvalue weighted by atomic mass is 10.1. The van der Waals surface area contributed by atoms with E-state index >= 15 is 0 Å². The molecular formula is C17H15BrN2O. The van der Waals surface area contributed by atoms with Gasteiger partial charge in [0, 0.05) is 28.3 Å². The van der Waals surface area contributed by atoms with Gasteiger partial charge in [-0.25, -0.2) is 0 Å². The van der Waals surface area contributed by atoms with Gasteiger partial charge in [0.1, 0.15) is 5.75 Å². The fourth-order valence-electron chi connectivity index (χ4n) is 2.22. The van der Waals surface area contributed by atoms with Crippen molar-refractivity contribution in [3.05, 3.63) is 64.8 Å². The Labute approximate surface area is 132 Å². The van der Waals surface area contributed by atoms with Gasteiger partial charge in [-0.15, -0.1) is 0 Å². The van der Waals surface area contributed by atoms with Crippen molar-refractivity contribution in [3.8, 4) is 5.75 Å². The molecule has 1 heterocycles. The lowest BCUT2D eigenvalue weighted by molar-refractivity contribution is 0.414. The summed E-state index contributed by atoms with van der Waals surface area (Å²) in [6.45, 7) is 0.763. The standard InChI is InChI=1S/C17H15BrN2O/c1-21-14-5-2-12(3-6-14)11-20-16-8-9-19-17-10-13(18)4-7-15(16)17/h2-10H,11H2,1H3,(H,19,20). The van der Waals surface area contributed by atoms with Crippen LogP contribution in [0.25, 0.3) is 10.9 Å². The third-order valence-electron chi connectivity index (χ3n) is 3.35. The number of hydrogen-bond donors (Lipinski definition) is 1. The fourth-order valence-corrected chi connectivity index (χ4v) is 2.57. The van der Waals surface area contributed by atoms with Crippen LogP contribution in [-0.2, 0) is 6.54 Å². The second kappa shape index (κ2) is 6.14. The van der Waals surface area contributed by atoms with Gasteiger partial charge >= 0.3 is 0 Å². The molecule has 3 nitrogen and oxygen atoms in total. The largest absolute Gasteiger partial charge is 0.497 e. The Morgan fingerprint density at radius 2 is 1.90 bits per heavy atom. The maximum Gasteiger partial charge on any atom is 0.118 e. The topological polar surface area (TPSA) is 34.1 Å². The highest BCUT2D eigenvalue weighted by Crippen LogP contribution is 2.25. The van der Waals surface area contributed by atoms with Crippen LogP contribution >= 0.6 is 15.9 Å². The lowest BCUT2D eigenvalue weighted by Crippen LogP contribution is -2.00. The van der Waals surface area contributed by atoms with E-state index in [1.54, 1.807) is 7.11 Å². The summed E-state index contributed by atoms with van der Waals surface area (Å²) in [4.78, 5) is 4.39. The lowest BCUT2D eigenvalue weighted by Gasteiger charge is -2.10. The number of hydrogen-bond acceptors (Lipinski definition) is 3. The van der Waals surface area contributed by atoms with Gasteiger partial charge in [0.25, 0.3) is 0 Å². The summed E-state index contributed by atoms with van der Waals surface area (Å²) in [5, 5.41) is 4.58. The van der Waals surface area contributed by atoms with E-state index in [2.05, 4.69) is 44.4 Å². The minimum absolute atomic E-state index is 0.763. The average molecular weight is 343 g/mol. The van der Waals surface area contributed by atoms with Crippen LogP contribution in [0.2, 0.25) is 0 Å². The molecule has 0 aliphatic carbocycles. The van der Waals surface area contributed by atoms with Crippen molar-refractivity contribution in [1.29, 1.82) is 0 Å². The number of rotatable bonds is 4. The number of nitrogens with one attached hydrogen (secondary N) is 1. The molecule has 3 rings (SSSR count). The normalized spacial score (nSPS) is 10.6. The number of pyridine rings is 1. The van der Waals surface area contributed by atoms with Crippen molar-refractivity contribution in [2.24, 2.45) is 0 Å². The van der Waals surface area contributed by atoms with Crippen molar-refractivity contribution in [2.75, 3.05) is 12.4 Å². The number of halogens is 1. The fraction of sp³-hybridized carbons (Fsp3) is 0.118. The molecule has 0 amide bonds. The average Bonchev–Trinajstić information content (AvgIpc) is 2.53. The maximum atomic E-state index is 5.17. The molecule has 0 fully saturated rings. The van der Waals surface area contributed by atoms with E-state index in [1.165, 1.54) is 5.56 Å². The van der Waals surface area contributed by atoms with Crippen molar-refractivity contribution >= 4 is 32.5 Å². The monoisotopic (exact) mass is 342 g/mol. The predicted molar refractivity (Wildman–Crippen MR) is 89.8 cm³/mol. The Bertz CT molecular complexity index is 756. The Morgan fingerprint density at radius 1 is 1.10 bits per heavy atom. The number of fused-ring (bicyclic) bond motifs is 1. The van der Waals surface area contributed by atoms with Crippen molar-refractivity contribution in [3.63, 3.8) is 0 Å². The highest BCUT2D eigenvalue weighted by Gasteiger charge is 2.02. The van der Waals surface area contributed by atoms with E-state index in [-0.39, 0.29) is 0 Å². The van der Waals surface area contributed by atoms with Crippen LogP contribution in [-0.4, -0.2) is 12.1 Å². The van der Waals surface area contributed by atoms with Crippen molar-refractivity contribution in [2.45, 2.75) is 6.54 Å². The molecular weight excluding hydrogens is 328 g/mol. The summed E-state index contributed by atoms with van der Waals surface area (Å²) < 4.78 is 6.20. The molecule has 4 heteroatoms. The van der Waals surface area contributed by atoms with E-state index in [4.69, 9.17) is 4.74 Å². The molecule has 21 heavy (non-hydrogen) atoms. The third kappa shape index (κ3) is 3.16. The Hall–Kier alpha value is -2.07. The SMILES string of the molecule is COc1ccc(CNc2ccnc3cc(Br)ccc23)cc1. The van der Waals surface area contributed by atoms with Crippen LogP contribution in [0.5, 0.6) is 5.75 Å². The van der Waals surface area contributed by atoms with Crippen molar-refractivity contribution in [1.82, 2.24) is 4.98 Å². The molecule has 3 aromatic rings. The Balaban J connectivity index is 1.81. The number of aromatic nitrogens is 1. The first-order valence-electron chi connectivity index (χ1n) is 6.67. The van der Waals surface area contributed by atoms with Crippen molar-refractivity contribution < 1.29 is 4.74 Å². The third-order valence-corrected chi connectivity index (χ3v) is 3.84. The van der Waals surface area contributed by atoms with Gasteiger partial charge in [-0.2, -0.15) is 0 Å². The van der Waals surface area contributed by atoms with Gasteiger partial charge in [0.15, 0.2) is 0 Å². The van der Waals surface area contributed by atoms with Gasteiger partial charge in [-0.3, -0.25) is 4.98 Å². The molecule has 0 radical (unpaired) electrons. The van der Waals surface area contributed by atoms with E-state index in [0.29, 0.717) is 0 Å². The van der Waals surface area contributed by atoms with Gasteiger partial charge in [-0.1, -0.05) is 28.1 Å². The maximum absolute atomic E-state index is 5.17. The second-order valence-electron chi connectivity index (χ2n) is 4.72. The van der Waals surface area contributed by atoms with Gasteiger partial charge in [0.2, 0.25) is 0 Å². The van der Waals surface area contributed by atoms with E-state index in [1.807, 2.05) is 36.5 Å². The number of benzene rings is 2. The zero-order valence-electron chi connectivity index (χ0n) is 11.6. The summed E-state index contributed by atoms with van der Waals surface area (Å²) >= 11 is 3.47. The summed E-state index contributed by atoms with van der Waals surface area (Å²) in [5.41, 5.74) is 3.27. The molecule has 1 aromatic heterocycles. The summed E-state index contributed by atoms with van der Waals surface area (Å²) in [7, 11) is 1.68. The molecule has 0 saturated heterocycles. The van der Waals surface area contributed by atoms with Crippen LogP contribution in [0.1, 0.15) is 5.56 Å². The molecule has 106 valence electrons. The summed E-state index contributed by atoms with van der Waals surface area (Å²) in [6, 6.07) is 16.2. The van der Waals surface area contributed by atoms with Crippen LogP contribution < -0.4 is 10.1 Å². The molecule has 0 bridgehead atoms. The first kappa shape index (κ1) is 13.9. The van der Waals surface area contributed by atoms with E-state index in [0.717, 1.165) is 33.4 Å². The first-order chi connectivity index (χ1) is 10.3. The number of nitrogens with zero attached hydrogens (tertiary/aromatic N) is 1. The smallest absolute Gasteiger partial charge is 0.118 e. The highest BCUT2D eigenvalue weighted by molar-refractivity contribution is 9.10. The predicted octanol–water partition coefficient (Wildman–Crippen LogP) is 4.62. The molecule has 0 aliphatic rings. The number of ether oxygens (including phenoxy) is 1. The van der Waals surface area contributed by atoms with Gasteiger partial charge in [0.05, 0.1) is 12.6 Å². The van der Waals surface area contributed by atoms with Gasteiger partial charge < -0.3 is 10.1 Å². The zero-order chi connectivity index (χ0) is 14.7. The Kier molecular flexibility index (Phi) is 4.06. The van der Waals surface area contributed by atoms with E-state index < -0.39 is 0 Å². The van der Waals surface area contributed by atoms with Crippen LogP contribution in [0, 0.1) is 0 Å².